The van der Waals surface area contributed by atoms with E-state index in [9.17, 15) is 0 Å². The van der Waals surface area contributed by atoms with E-state index in [0.717, 1.165) is 12.8 Å². The molecule has 0 aliphatic heterocycles. The second kappa shape index (κ2) is 4.78. The maximum absolute atomic E-state index is 8.61. The number of rotatable bonds is 3. The Morgan fingerprint density at radius 2 is 2.06 bits per heavy atom. The number of oxime groups is 1. The number of hydrogen-bond acceptors (Lipinski definition) is 5. The van der Waals surface area contributed by atoms with E-state index in [4.69, 9.17) is 15.7 Å². The summed E-state index contributed by atoms with van der Waals surface area (Å²) in [6, 6.07) is 0. The van der Waals surface area contributed by atoms with E-state index in [1.165, 1.54) is 25.2 Å². The summed E-state index contributed by atoms with van der Waals surface area (Å²) >= 11 is 0. The van der Waals surface area contributed by atoms with Crippen LogP contribution >= 0.6 is 0 Å². The second-order valence-corrected chi connectivity index (χ2v) is 3.72. The number of hydrogen-bond donors (Lipinski definition) is 2. The number of ether oxygens (including phenoxy) is 1. The van der Waals surface area contributed by atoms with Crippen LogP contribution in [0.4, 0.5) is 0 Å². The minimum Gasteiger partial charge on any atom is -0.473 e. The molecule has 0 radical (unpaired) electrons. The molecular formula is C10H14N4O2. The van der Waals surface area contributed by atoms with Crippen molar-refractivity contribution in [3.8, 4) is 5.88 Å². The van der Waals surface area contributed by atoms with Crippen molar-refractivity contribution in [1.29, 1.82) is 0 Å². The molecule has 1 aromatic heterocycles. The zero-order valence-corrected chi connectivity index (χ0v) is 8.83. The Kier molecular flexibility index (Phi) is 3.19. The summed E-state index contributed by atoms with van der Waals surface area (Å²) in [5, 5.41) is 11.5. The molecule has 1 aliphatic rings. The van der Waals surface area contributed by atoms with Gasteiger partial charge in [-0.25, -0.2) is 9.97 Å². The number of nitrogens with zero attached hydrogens (tertiary/aromatic N) is 3. The van der Waals surface area contributed by atoms with E-state index in [2.05, 4.69) is 15.1 Å². The molecule has 0 amide bonds. The van der Waals surface area contributed by atoms with Crippen molar-refractivity contribution in [2.24, 2.45) is 10.9 Å². The quantitative estimate of drug-likeness (QED) is 0.343. The zero-order chi connectivity index (χ0) is 11.4. The van der Waals surface area contributed by atoms with Crippen LogP contribution in [0.25, 0.3) is 0 Å². The molecule has 6 heteroatoms. The summed E-state index contributed by atoms with van der Waals surface area (Å²) < 4.78 is 5.68. The SMILES string of the molecule is NC(=NO)c1nccnc1OC1CCCC1. The van der Waals surface area contributed by atoms with Crippen molar-refractivity contribution < 1.29 is 9.94 Å². The van der Waals surface area contributed by atoms with Gasteiger partial charge in [-0.1, -0.05) is 5.16 Å². The Hall–Kier alpha value is -1.85. The summed E-state index contributed by atoms with van der Waals surface area (Å²) in [7, 11) is 0. The van der Waals surface area contributed by atoms with Gasteiger partial charge in [0.25, 0.3) is 0 Å². The molecule has 16 heavy (non-hydrogen) atoms. The van der Waals surface area contributed by atoms with Gasteiger partial charge in [0, 0.05) is 12.4 Å². The molecule has 0 aromatic carbocycles. The fourth-order valence-electron chi connectivity index (χ4n) is 1.80. The third-order valence-electron chi connectivity index (χ3n) is 2.60. The molecular weight excluding hydrogens is 208 g/mol. The third-order valence-corrected chi connectivity index (χ3v) is 2.60. The highest BCUT2D eigenvalue weighted by atomic mass is 16.5. The van der Waals surface area contributed by atoms with Gasteiger partial charge in [0.15, 0.2) is 11.5 Å². The van der Waals surface area contributed by atoms with Crippen molar-refractivity contribution in [1.82, 2.24) is 9.97 Å². The Labute approximate surface area is 93.2 Å². The van der Waals surface area contributed by atoms with Crippen LogP contribution in [-0.4, -0.2) is 27.1 Å². The minimum atomic E-state index is -0.0823. The zero-order valence-electron chi connectivity index (χ0n) is 8.83. The van der Waals surface area contributed by atoms with Crippen molar-refractivity contribution in [2.45, 2.75) is 31.8 Å². The molecule has 2 rings (SSSR count). The number of amidine groups is 1. The summed E-state index contributed by atoms with van der Waals surface area (Å²) in [5.41, 5.74) is 5.78. The molecule has 0 atom stereocenters. The maximum atomic E-state index is 8.61. The molecule has 0 unspecified atom stereocenters. The topological polar surface area (TPSA) is 93.6 Å². The van der Waals surface area contributed by atoms with Crippen LogP contribution in [0.15, 0.2) is 17.5 Å². The lowest BCUT2D eigenvalue weighted by molar-refractivity contribution is 0.200. The lowest BCUT2D eigenvalue weighted by Gasteiger charge is -2.13. The van der Waals surface area contributed by atoms with Crippen LogP contribution in [-0.2, 0) is 0 Å². The Bertz CT molecular complexity index is 388. The van der Waals surface area contributed by atoms with Crippen molar-refractivity contribution in [3.63, 3.8) is 0 Å². The van der Waals surface area contributed by atoms with Crippen molar-refractivity contribution in [3.05, 3.63) is 18.1 Å². The minimum absolute atomic E-state index is 0.0823. The normalized spacial score (nSPS) is 17.6. The van der Waals surface area contributed by atoms with Gasteiger partial charge in [-0.05, 0) is 25.7 Å². The fraction of sp³-hybridized carbons (Fsp3) is 0.500. The Morgan fingerprint density at radius 3 is 2.75 bits per heavy atom. The molecule has 1 fully saturated rings. The second-order valence-electron chi connectivity index (χ2n) is 3.72. The molecule has 6 nitrogen and oxygen atoms in total. The Morgan fingerprint density at radius 1 is 1.38 bits per heavy atom. The first-order valence-electron chi connectivity index (χ1n) is 5.27. The van der Waals surface area contributed by atoms with E-state index in [-0.39, 0.29) is 17.6 Å². The standard InChI is InChI=1S/C10H14N4O2/c11-9(14-15)8-10(13-6-5-12-8)16-7-3-1-2-4-7/h5-7,15H,1-4H2,(H2,11,14). The van der Waals surface area contributed by atoms with Gasteiger partial charge < -0.3 is 15.7 Å². The summed E-state index contributed by atoms with van der Waals surface area (Å²) in [5.74, 6) is 0.255. The fourth-order valence-corrected chi connectivity index (χ4v) is 1.80. The largest absolute Gasteiger partial charge is 0.473 e. The van der Waals surface area contributed by atoms with Gasteiger partial charge >= 0.3 is 0 Å². The van der Waals surface area contributed by atoms with E-state index in [1.54, 1.807) is 0 Å². The molecule has 3 N–H and O–H groups in total. The predicted molar refractivity (Wildman–Crippen MR) is 57.4 cm³/mol. The molecule has 1 aliphatic carbocycles. The van der Waals surface area contributed by atoms with Crippen LogP contribution in [0.1, 0.15) is 31.4 Å². The first-order chi connectivity index (χ1) is 7.81. The van der Waals surface area contributed by atoms with Crippen LogP contribution in [0.5, 0.6) is 5.88 Å². The van der Waals surface area contributed by atoms with E-state index >= 15 is 0 Å². The number of nitrogens with two attached hydrogens (primary N) is 1. The van der Waals surface area contributed by atoms with E-state index < -0.39 is 0 Å². The van der Waals surface area contributed by atoms with Gasteiger partial charge in [0.05, 0.1) is 0 Å². The third kappa shape index (κ3) is 2.21. The first kappa shape index (κ1) is 10.7. The lowest BCUT2D eigenvalue weighted by atomic mass is 10.3. The molecule has 1 heterocycles. The van der Waals surface area contributed by atoms with Gasteiger partial charge in [-0.2, -0.15) is 0 Å². The van der Waals surface area contributed by atoms with Crippen molar-refractivity contribution in [2.75, 3.05) is 0 Å². The van der Waals surface area contributed by atoms with Gasteiger partial charge in [0.1, 0.15) is 6.10 Å². The van der Waals surface area contributed by atoms with Gasteiger partial charge in [-0.3, -0.25) is 0 Å². The van der Waals surface area contributed by atoms with E-state index in [1.807, 2.05) is 0 Å². The molecule has 0 saturated heterocycles. The molecule has 86 valence electrons. The first-order valence-corrected chi connectivity index (χ1v) is 5.27. The molecule has 1 aromatic rings. The van der Waals surface area contributed by atoms with Crippen molar-refractivity contribution >= 4 is 5.84 Å². The molecule has 0 spiro atoms. The highest BCUT2D eigenvalue weighted by Gasteiger charge is 2.20. The summed E-state index contributed by atoms with van der Waals surface area (Å²) in [6.45, 7) is 0. The Balaban J connectivity index is 2.19. The molecule has 1 saturated carbocycles. The highest BCUT2D eigenvalue weighted by Crippen LogP contribution is 2.23. The maximum Gasteiger partial charge on any atom is 0.244 e. The van der Waals surface area contributed by atoms with Crippen LogP contribution < -0.4 is 10.5 Å². The smallest absolute Gasteiger partial charge is 0.244 e. The monoisotopic (exact) mass is 222 g/mol. The van der Waals surface area contributed by atoms with Gasteiger partial charge in [0.2, 0.25) is 5.88 Å². The average molecular weight is 222 g/mol. The van der Waals surface area contributed by atoms with Crippen LogP contribution in [0.3, 0.4) is 0 Å². The summed E-state index contributed by atoms with van der Waals surface area (Å²) in [6.07, 6.45) is 7.56. The van der Waals surface area contributed by atoms with E-state index in [0.29, 0.717) is 5.88 Å². The lowest BCUT2D eigenvalue weighted by Crippen LogP contribution is -2.20. The predicted octanol–water partition coefficient (Wildman–Crippen LogP) is 0.892. The number of aromatic nitrogens is 2. The average Bonchev–Trinajstić information content (AvgIpc) is 2.82. The highest BCUT2D eigenvalue weighted by molar-refractivity contribution is 5.97. The van der Waals surface area contributed by atoms with Crippen LogP contribution in [0, 0.1) is 0 Å². The van der Waals surface area contributed by atoms with Crippen LogP contribution in [0.2, 0.25) is 0 Å². The van der Waals surface area contributed by atoms with Gasteiger partial charge in [-0.15, -0.1) is 0 Å². The molecule has 0 bridgehead atoms. The summed E-state index contributed by atoms with van der Waals surface area (Å²) in [4.78, 5) is 8.04.